The lowest BCUT2D eigenvalue weighted by molar-refractivity contribution is 0.0198. The molecule has 88 valence electrons. The SMILES string of the molecule is CC(c1cccc(CN)c1)N1CCOCC1. The predicted octanol–water partition coefficient (Wildman–Crippen LogP) is 1.54. The normalized spacial score (nSPS) is 19.6. The van der Waals surface area contributed by atoms with Crippen LogP contribution in [0.3, 0.4) is 0 Å². The van der Waals surface area contributed by atoms with Gasteiger partial charge in [-0.3, -0.25) is 4.90 Å². The molecule has 0 radical (unpaired) electrons. The second kappa shape index (κ2) is 5.43. The molecule has 1 atom stereocenters. The first-order chi connectivity index (χ1) is 7.81. The maximum absolute atomic E-state index is 5.66. The van der Waals surface area contributed by atoms with Gasteiger partial charge < -0.3 is 10.5 Å². The molecule has 1 fully saturated rings. The van der Waals surface area contributed by atoms with Crippen molar-refractivity contribution in [3.63, 3.8) is 0 Å². The Hall–Kier alpha value is -0.900. The van der Waals surface area contributed by atoms with Crippen LogP contribution >= 0.6 is 0 Å². The Labute approximate surface area is 97.2 Å². The monoisotopic (exact) mass is 220 g/mol. The van der Waals surface area contributed by atoms with Gasteiger partial charge in [0.2, 0.25) is 0 Å². The molecule has 2 N–H and O–H groups in total. The fourth-order valence-corrected chi connectivity index (χ4v) is 2.16. The quantitative estimate of drug-likeness (QED) is 0.839. The molecule has 0 amide bonds. The van der Waals surface area contributed by atoms with E-state index in [1.807, 2.05) is 0 Å². The summed E-state index contributed by atoms with van der Waals surface area (Å²) in [5.41, 5.74) is 8.22. The number of nitrogens with zero attached hydrogens (tertiary/aromatic N) is 1. The summed E-state index contributed by atoms with van der Waals surface area (Å²) in [5, 5.41) is 0. The van der Waals surface area contributed by atoms with Crippen molar-refractivity contribution in [2.75, 3.05) is 26.3 Å². The van der Waals surface area contributed by atoms with Crippen LogP contribution in [-0.4, -0.2) is 31.2 Å². The molecule has 1 heterocycles. The summed E-state index contributed by atoms with van der Waals surface area (Å²) < 4.78 is 5.37. The average Bonchev–Trinajstić information content (AvgIpc) is 2.39. The number of morpholine rings is 1. The lowest BCUT2D eigenvalue weighted by atomic mass is 10.0. The summed E-state index contributed by atoms with van der Waals surface area (Å²) in [7, 11) is 0. The Morgan fingerprint density at radius 2 is 2.12 bits per heavy atom. The molecule has 0 aromatic heterocycles. The van der Waals surface area contributed by atoms with Crippen LogP contribution in [0, 0.1) is 0 Å². The number of hydrogen-bond acceptors (Lipinski definition) is 3. The lowest BCUT2D eigenvalue weighted by Gasteiger charge is -2.32. The van der Waals surface area contributed by atoms with Gasteiger partial charge in [-0.25, -0.2) is 0 Å². The van der Waals surface area contributed by atoms with E-state index < -0.39 is 0 Å². The molecule has 16 heavy (non-hydrogen) atoms. The summed E-state index contributed by atoms with van der Waals surface area (Å²) in [6, 6.07) is 9.01. The molecule has 1 unspecified atom stereocenters. The van der Waals surface area contributed by atoms with Gasteiger partial charge in [-0.05, 0) is 18.1 Å². The third-order valence-corrected chi connectivity index (χ3v) is 3.26. The van der Waals surface area contributed by atoms with E-state index in [9.17, 15) is 0 Å². The number of benzene rings is 1. The molecule has 3 nitrogen and oxygen atoms in total. The van der Waals surface area contributed by atoms with E-state index in [1.165, 1.54) is 11.1 Å². The highest BCUT2D eigenvalue weighted by Gasteiger charge is 2.18. The average molecular weight is 220 g/mol. The van der Waals surface area contributed by atoms with E-state index in [1.54, 1.807) is 0 Å². The molecule has 3 heteroatoms. The molecule has 1 aliphatic heterocycles. The number of rotatable bonds is 3. The summed E-state index contributed by atoms with van der Waals surface area (Å²) in [4.78, 5) is 2.46. The number of nitrogens with two attached hydrogens (primary N) is 1. The topological polar surface area (TPSA) is 38.5 Å². The third-order valence-electron chi connectivity index (χ3n) is 3.26. The fourth-order valence-electron chi connectivity index (χ4n) is 2.16. The highest BCUT2D eigenvalue weighted by Crippen LogP contribution is 2.21. The second-order valence-corrected chi connectivity index (χ2v) is 4.27. The van der Waals surface area contributed by atoms with Crippen LogP contribution in [0.15, 0.2) is 24.3 Å². The van der Waals surface area contributed by atoms with Crippen LogP contribution in [0.1, 0.15) is 24.1 Å². The van der Waals surface area contributed by atoms with Gasteiger partial charge in [-0.2, -0.15) is 0 Å². The lowest BCUT2D eigenvalue weighted by Crippen LogP contribution is -2.38. The second-order valence-electron chi connectivity index (χ2n) is 4.27. The van der Waals surface area contributed by atoms with Crippen molar-refractivity contribution in [3.8, 4) is 0 Å². The molecular weight excluding hydrogens is 200 g/mol. The highest BCUT2D eigenvalue weighted by molar-refractivity contribution is 5.25. The zero-order valence-corrected chi connectivity index (χ0v) is 9.86. The molecule has 1 aliphatic rings. The van der Waals surface area contributed by atoms with Crippen LogP contribution in [0.25, 0.3) is 0 Å². The van der Waals surface area contributed by atoms with Crippen LogP contribution in [0.4, 0.5) is 0 Å². The summed E-state index contributed by atoms with van der Waals surface area (Å²) in [6.07, 6.45) is 0. The minimum absolute atomic E-state index is 0.454. The van der Waals surface area contributed by atoms with Crippen LogP contribution in [0.2, 0.25) is 0 Å². The van der Waals surface area contributed by atoms with Gasteiger partial charge >= 0.3 is 0 Å². The molecule has 1 aromatic rings. The molecule has 1 saturated heterocycles. The van der Waals surface area contributed by atoms with Gasteiger partial charge in [-0.15, -0.1) is 0 Å². The first kappa shape index (κ1) is 11.6. The van der Waals surface area contributed by atoms with Crippen molar-refractivity contribution in [2.45, 2.75) is 19.5 Å². The van der Waals surface area contributed by atoms with Crippen LogP contribution in [0.5, 0.6) is 0 Å². The first-order valence-corrected chi connectivity index (χ1v) is 5.92. The standard InChI is InChI=1S/C13H20N2O/c1-11(15-5-7-16-8-6-15)13-4-2-3-12(9-13)10-14/h2-4,9,11H,5-8,10,14H2,1H3. The third kappa shape index (κ3) is 2.61. The van der Waals surface area contributed by atoms with Crippen molar-refractivity contribution in [1.29, 1.82) is 0 Å². The number of hydrogen-bond donors (Lipinski definition) is 1. The van der Waals surface area contributed by atoms with Crippen LogP contribution in [-0.2, 0) is 11.3 Å². The fraction of sp³-hybridized carbons (Fsp3) is 0.538. The summed E-state index contributed by atoms with van der Waals surface area (Å²) >= 11 is 0. The van der Waals surface area contributed by atoms with Crippen molar-refractivity contribution in [1.82, 2.24) is 4.90 Å². The van der Waals surface area contributed by atoms with E-state index in [2.05, 4.69) is 36.1 Å². The van der Waals surface area contributed by atoms with E-state index in [0.29, 0.717) is 12.6 Å². The summed E-state index contributed by atoms with van der Waals surface area (Å²) in [5.74, 6) is 0. The zero-order chi connectivity index (χ0) is 11.4. The molecular formula is C13H20N2O. The van der Waals surface area contributed by atoms with E-state index in [4.69, 9.17) is 10.5 Å². The maximum atomic E-state index is 5.66. The Morgan fingerprint density at radius 1 is 1.38 bits per heavy atom. The predicted molar refractivity (Wildman–Crippen MR) is 65.1 cm³/mol. The van der Waals surface area contributed by atoms with Crippen molar-refractivity contribution >= 4 is 0 Å². The largest absolute Gasteiger partial charge is 0.379 e. The molecule has 0 spiro atoms. The van der Waals surface area contributed by atoms with E-state index >= 15 is 0 Å². The molecule has 0 aliphatic carbocycles. The molecule has 1 aromatic carbocycles. The van der Waals surface area contributed by atoms with Gasteiger partial charge in [0.1, 0.15) is 0 Å². The molecule has 0 saturated carbocycles. The van der Waals surface area contributed by atoms with Crippen molar-refractivity contribution < 1.29 is 4.74 Å². The first-order valence-electron chi connectivity index (χ1n) is 5.92. The molecule has 0 bridgehead atoms. The zero-order valence-electron chi connectivity index (χ0n) is 9.86. The van der Waals surface area contributed by atoms with Gasteiger partial charge in [0.05, 0.1) is 13.2 Å². The van der Waals surface area contributed by atoms with Gasteiger partial charge in [-0.1, -0.05) is 24.3 Å². The van der Waals surface area contributed by atoms with Crippen molar-refractivity contribution in [3.05, 3.63) is 35.4 Å². The minimum atomic E-state index is 0.454. The highest BCUT2D eigenvalue weighted by atomic mass is 16.5. The smallest absolute Gasteiger partial charge is 0.0594 e. The van der Waals surface area contributed by atoms with Gasteiger partial charge in [0.25, 0.3) is 0 Å². The van der Waals surface area contributed by atoms with E-state index in [-0.39, 0.29) is 0 Å². The Balaban J connectivity index is 2.09. The Bertz CT molecular complexity index is 334. The van der Waals surface area contributed by atoms with Gasteiger partial charge in [0, 0.05) is 25.7 Å². The molecule has 2 rings (SSSR count). The van der Waals surface area contributed by atoms with Gasteiger partial charge in [0.15, 0.2) is 0 Å². The van der Waals surface area contributed by atoms with E-state index in [0.717, 1.165) is 26.3 Å². The summed E-state index contributed by atoms with van der Waals surface area (Å²) in [6.45, 7) is 6.61. The van der Waals surface area contributed by atoms with Crippen LogP contribution < -0.4 is 5.73 Å². The minimum Gasteiger partial charge on any atom is -0.379 e. The maximum Gasteiger partial charge on any atom is 0.0594 e. The van der Waals surface area contributed by atoms with Crippen molar-refractivity contribution in [2.24, 2.45) is 5.73 Å². The Kier molecular flexibility index (Phi) is 3.93. The Morgan fingerprint density at radius 3 is 2.81 bits per heavy atom. The number of ether oxygens (including phenoxy) is 1.